The average molecular weight is 773 g/mol. The van der Waals surface area contributed by atoms with Gasteiger partial charge in [0, 0.05) is 70.5 Å². The highest BCUT2D eigenvalue weighted by atomic mass is 32.1. The fourth-order valence-corrected chi connectivity index (χ4v) is 10.6. The molecule has 1 atom stereocenters. The first-order valence-corrected chi connectivity index (χ1v) is 20.8. The van der Waals surface area contributed by atoms with E-state index in [0.717, 1.165) is 45.4 Å². The van der Waals surface area contributed by atoms with Crippen molar-refractivity contribution in [3.63, 3.8) is 0 Å². The number of fused-ring (bicyclic) bond motifs is 12. The van der Waals surface area contributed by atoms with E-state index in [1.807, 2.05) is 29.5 Å². The van der Waals surface area contributed by atoms with Crippen LogP contribution in [-0.4, -0.2) is 19.5 Å². The molecule has 0 radical (unpaired) electrons. The Labute approximate surface area is 342 Å². The second kappa shape index (κ2) is 12.5. The molecule has 1 aliphatic rings. The van der Waals surface area contributed by atoms with E-state index in [-0.39, 0.29) is 6.04 Å². The van der Waals surface area contributed by atoms with Crippen molar-refractivity contribution in [2.45, 2.75) is 12.5 Å². The van der Waals surface area contributed by atoms with Gasteiger partial charge in [0.15, 0.2) is 17.5 Å². The van der Waals surface area contributed by atoms with Crippen LogP contribution in [0.5, 0.6) is 0 Å². The highest BCUT2D eigenvalue weighted by Crippen LogP contribution is 2.49. The van der Waals surface area contributed by atoms with Crippen LogP contribution in [0.1, 0.15) is 17.2 Å². The zero-order chi connectivity index (χ0) is 38.6. The molecule has 13 rings (SSSR count). The second-order valence-electron chi connectivity index (χ2n) is 15.5. The summed E-state index contributed by atoms with van der Waals surface area (Å²) < 4.78 is 12.2. The minimum atomic E-state index is 0.0447. The van der Waals surface area contributed by atoms with E-state index >= 15 is 0 Å². The molecule has 8 aromatic carbocycles. The Kier molecular flexibility index (Phi) is 6.94. The van der Waals surface area contributed by atoms with Crippen LogP contribution in [0.3, 0.4) is 0 Å². The van der Waals surface area contributed by atoms with E-state index in [9.17, 15) is 0 Å². The standard InChI is InChI=1S/C53H32N4OS/c1-2-13-31(14-3-1)51-54-52(34-25-26-48-42(28-34)37-19-9-11-24-47(37)59-48)56-53(55-51)40-22-12-21-39-43-30-46(35-17-6-7-20-38(35)50(43)58-49(39)40)57-44-23-10-8-18-36(44)41-27-32-15-4-5-16-33(32)29-45(41)57/h1-29,46H,30H2. The molecule has 5 nitrogen and oxygen atoms in total. The summed E-state index contributed by atoms with van der Waals surface area (Å²) >= 11 is 1.81. The molecule has 59 heavy (non-hydrogen) atoms. The van der Waals surface area contributed by atoms with Crippen molar-refractivity contribution in [2.24, 2.45) is 0 Å². The Hall–Kier alpha value is -7.41. The van der Waals surface area contributed by atoms with Gasteiger partial charge in [-0.3, -0.25) is 0 Å². The van der Waals surface area contributed by atoms with E-state index in [0.29, 0.717) is 17.5 Å². The van der Waals surface area contributed by atoms with E-state index in [1.165, 1.54) is 63.9 Å². The maximum Gasteiger partial charge on any atom is 0.167 e. The zero-order valence-electron chi connectivity index (χ0n) is 31.6. The van der Waals surface area contributed by atoms with Crippen LogP contribution in [-0.2, 0) is 6.42 Å². The minimum absolute atomic E-state index is 0.0447. The number of thiophene rings is 1. The summed E-state index contributed by atoms with van der Waals surface area (Å²) in [6, 6.07) is 62.7. The predicted octanol–water partition coefficient (Wildman–Crippen LogP) is 14.1. The maximum absolute atomic E-state index is 7.08. The Morgan fingerprint density at radius 2 is 1.15 bits per heavy atom. The molecule has 1 unspecified atom stereocenters. The first kappa shape index (κ1) is 32.7. The van der Waals surface area contributed by atoms with Crippen LogP contribution < -0.4 is 0 Å². The van der Waals surface area contributed by atoms with E-state index in [1.54, 1.807) is 0 Å². The van der Waals surface area contributed by atoms with Crippen LogP contribution in [0, 0.1) is 0 Å². The Balaban J connectivity index is 1.01. The molecule has 6 heteroatoms. The first-order chi connectivity index (χ1) is 29.2. The van der Waals surface area contributed by atoms with Gasteiger partial charge in [-0.25, -0.2) is 15.0 Å². The molecular weight excluding hydrogens is 741 g/mol. The predicted molar refractivity (Wildman–Crippen MR) is 243 cm³/mol. The van der Waals surface area contributed by atoms with Crippen LogP contribution >= 0.6 is 11.3 Å². The fourth-order valence-electron chi connectivity index (χ4n) is 9.52. The number of nitrogens with zero attached hydrogens (tertiary/aromatic N) is 4. The summed E-state index contributed by atoms with van der Waals surface area (Å²) in [5.41, 5.74) is 9.55. The molecule has 4 heterocycles. The van der Waals surface area contributed by atoms with Crippen LogP contribution in [0.4, 0.5) is 0 Å². The normalized spacial score (nSPS) is 13.9. The van der Waals surface area contributed by atoms with Gasteiger partial charge in [-0.05, 0) is 64.9 Å². The SMILES string of the molecule is c1ccc(-c2nc(-c3ccc4sc5ccccc5c4c3)nc(-c3cccc4c5c(oc34)-c3ccccc3C(n3c4ccccc4c4cc6ccccc6cc43)C5)n2)cc1. The van der Waals surface area contributed by atoms with Crippen molar-refractivity contribution in [3.8, 4) is 45.5 Å². The summed E-state index contributed by atoms with van der Waals surface area (Å²) in [6.45, 7) is 0. The topological polar surface area (TPSA) is 56.7 Å². The lowest BCUT2D eigenvalue weighted by Gasteiger charge is -2.28. The van der Waals surface area contributed by atoms with E-state index < -0.39 is 0 Å². The molecule has 1 aliphatic carbocycles. The monoisotopic (exact) mass is 772 g/mol. The third kappa shape index (κ3) is 4.93. The Morgan fingerprint density at radius 1 is 0.475 bits per heavy atom. The van der Waals surface area contributed by atoms with Gasteiger partial charge in [0.05, 0.1) is 17.1 Å². The molecule has 0 aliphatic heterocycles. The van der Waals surface area contributed by atoms with Gasteiger partial charge < -0.3 is 8.98 Å². The molecule has 276 valence electrons. The summed E-state index contributed by atoms with van der Waals surface area (Å²) in [7, 11) is 0. The summed E-state index contributed by atoms with van der Waals surface area (Å²) in [4.78, 5) is 15.5. The molecule has 4 aromatic heterocycles. The third-order valence-corrected chi connectivity index (χ3v) is 13.4. The average Bonchev–Trinajstić information content (AvgIpc) is 3.97. The number of hydrogen-bond donors (Lipinski definition) is 0. The third-order valence-electron chi connectivity index (χ3n) is 12.2. The molecular formula is C53H32N4OS. The highest BCUT2D eigenvalue weighted by Gasteiger charge is 2.33. The van der Waals surface area contributed by atoms with Crippen molar-refractivity contribution in [3.05, 3.63) is 187 Å². The molecule has 0 bridgehead atoms. The van der Waals surface area contributed by atoms with Crippen LogP contribution in [0.2, 0.25) is 0 Å². The Morgan fingerprint density at radius 3 is 2.05 bits per heavy atom. The minimum Gasteiger partial charge on any atom is -0.455 e. The van der Waals surface area contributed by atoms with Crippen molar-refractivity contribution in [1.82, 2.24) is 19.5 Å². The quantitative estimate of drug-likeness (QED) is 0.179. The van der Waals surface area contributed by atoms with Gasteiger partial charge in [0.1, 0.15) is 11.3 Å². The Bertz CT molecular complexity index is 3670. The van der Waals surface area contributed by atoms with Crippen LogP contribution in [0.15, 0.2) is 180 Å². The second-order valence-corrected chi connectivity index (χ2v) is 16.6. The summed E-state index contributed by atoms with van der Waals surface area (Å²) in [5, 5.41) is 8.55. The summed E-state index contributed by atoms with van der Waals surface area (Å²) in [5.74, 6) is 2.75. The number of rotatable bonds is 4. The van der Waals surface area contributed by atoms with Crippen molar-refractivity contribution in [1.29, 1.82) is 0 Å². The maximum atomic E-state index is 7.08. The number of benzene rings is 8. The van der Waals surface area contributed by atoms with Gasteiger partial charge in [0.2, 0.25) is 0 Å². The largest absolute Gasteiger partial charge is 0.455 e. The molecule has 0 N–H and O–H groups in total. The van der Waals surface area contributed by atoms with Crippen molar-refractivity contribution >= 4 is 75.1 Å². The fraction of sp³-hybridized carbons (Fsp3) is 0.0377. The van der Waals surface area contributed by atoms with E-state index in [4.69, 9.17) is 19.4 Å². The number of para-hydroxylation sites is 2. The molecule has 0 amide bonds. The number of furan rings is 1. The molecule has 12 aromatic rings. The number of aromatic nitrogens is 4. The van der Waals surface area contributed by atoms with E-state index in [2.05, 4.69) is 162 Å². The lowest BCUT2D eigenvalue weighted by molar-refractivity contribution is 0.577. The molecule has 0 fully saturated rings. The zero-order valence-corrected chi connectivity index (χ0v) is 32.4. The van der Waals surface area contributed by atoms with Gasteiger partial charge in [-0.2, -0.15) is 0 Å². The van der Waals surface area contributed by atoms with Gasteiger partial charge >= 0.3 is 0 Å². The first-order valence-electron chi connectivity index (χ1n) is 20.0. The lowest BCUT2D eigenvalue weighted by atomic mass is 9.85. The molecule has 0 saturated carbocycles. The van der Waals surface area contributed by atoms with Crippen molar-refractivity contribution < 1.29 is 4.42 Å². The molecule has 0 spiro atoms. The van der Waals surface area contributed by atoms with Gasteiger partial charge in [-0.15, -0.1) is 11.3 Å². The highest BCUT2D eigenvalue weighted by molar-refractivity contribution is 7.25. The molecule has 0 saturated heterocycles. The number of hydrogen-bond acceptors (Lipinski definition) is 5. The van der Waals surface area contributed by atoms with Gasteiger partial charge in [-0.1, -0.05) is 127 Å². The lowest BCUT2D eigenvalue weighted by Crippen LogP contribution is -2.18. The summed E-state index contributed by atoms with van der Waals surface area (Å²) in [6.07, 6.45) is 0.774. The van der Waals surface area contributed by atoms with Crippen molar-refractivity contribution in [2.75, 3.05) is 0 Å². The van der Waals surface area contributed by atoms with Crippen LogP contribution in [0.25, 0.3) is 109 Å². The van der Waals surface area contributed by atoms with Gasteiger partial charge in [0.25, 0.3) is 0 Å². The smallest absolute Gasteiger partial charge is 0.167 e.